The molecule has 0 fully saturated rings. The van der Waals surface area contributed by atoms with Crippen LogP contribution >= 0.6 is 0 Å². The lowest BCUT2D eigenvalue weighted by Gasteiger charge is -2.14. The van der Waals surface area contributed by atoms with Crippen LogP contribution in [-0.2, 0) is 9.84 Å². The number of carbonyl (C=O) groups is 1. The molecule has 1 amide bonds. The van der Waals surface area contributed by atoms with Gasteiger partial charge in [-0.1, -0.05) is 6.07 Å². The number of fused-ring (bicyclic) bond motifs is 1. The number of rotatable bonds is 4. The second-order valence-corrected chi connectivity index (χ2v) is 7.25. The molecule has 0 bridgehead atoms. The van der Waals surface area contributed by atoms with Crippen molar-refractivity contribution in [2.75, 3.05) is 19.2 Å². The standard InChI is InChI=1S/C16H12F3NO6S/c1-24-12-6-5-9(27(22,23)16(17,18)19)7-11(12)20-15(21)10-3-2-4-13-14(10)26-8-25-13/h2-7H,8H2,1H3,(H,20,21). The van der Waals surface area contributed by atoms with E-state index in [0.717, 1.165) is 12.1 Å². The molecule has 0 radical (unpaired) electrons. The number of ether oxygens (including phenoxy) is 3. The van der Waals surface area contributed by atoms with Gasteiger partial charge in [-0.3, -0.25) is 4.79 Å². The van der Waals surface area contributed by atoms with E-state index in [0.29, 0.717) is 11.8 Å². The minimum atomic E-state index is -5.59. The number of nitrogens with one attached hydrogen (secondary N) is 1. The summed E-state index contributed by atoms with van der Waals surface area (Å²) in [5.41, 5.74) is -5.66. The summed E-state index contributed by atoms with van der Waals surface area (Å²) in [5, 5.41) is 2.34. The van der Waals surface area contributed by atoms with Gasteiger partial charge in [0.2, 0.25) is 6.79 Å². The summed E-state index contributed by atoms with van der Waals surface area (Å²) < 4.78 is 76.9. The van der Waals surface area contributed by atoms with Crippen LogP contribution < -0.4 is 19.5 Å². The molecule has 2 aromatic carbocycles. The number of sulfone groups is 1. The maximum atomic E-state index is 12.8. The van der Waals surface area contributed by atoms with E-state index in [-0.39, 0.29) is 29.5 Å². The van der Waals surface area contributed by atoms with E-state index in [1.807, 2.05) is 0 Å². The van der Waals surface area contributed by atoms with Crippen LogP contribution in [0.2, 0.25) is 0 Å². The fourth-order valence-corrected chi connectivity index (χ4v) is 3.17. The van der Waals surface area contributed by atoms with E-state index in [4.69, 9.17) is 14.2 Å². The van der Waals surface area contributed by atoms with Crippen LogP contribution in [0.5, 0.6) is 17.2 Å². The highest BCUT2D eigenvalue weighted by Gasteiger charge is 2.47. The Bertz CT molecular complexity index is 1000. The van der Waals surface area contributed by atoms with Crippen LogP contribution in [0.25, 0.3) is 0 Å². The van der Waals surface area contributed by atoms with Gasteiger partial charge in [-0.25, -0.2) is 8.42 Å². The molecule has 0 unspecified atom stereocenters. The number of amides is 1. The van der Waals surface area contributed by atoms with Gasteiger partial charge in [-0.2, -0.15) is 13.2 Å². The Morgan fingerprint density at radius 3 is 2.59 bits per heavy atom. The van der Waals surface area contributed by atoms with E-state index in [1.165, 1.54) is 19.2 Å². The summed E-state index contributed by atoms with van der Waals surface area (Å²) in [4.78, 5) is 11.5. The van der Waals surface area contributed by atoms with E-state index in [2.05, 4.69) is 5.32 Å². The van der Waals surface area contributed by atoms with Crippen LogP contribution in [0.15, 0.2) is 41.3 Å². The Balaban J connectivity index is 1.98. The van der Waals surface area contributed by atoms with Gasteiger partial charge in [0.1, 0.15) is 5.75 Å². The van der Waals surface area contributed by atoms with Crippen LogP contribution in [0.4, 0.5) is 18.9 Å². The van der Waals surface area contributed by atoms with Crippen LogP contribution in [0, 0.1) is 0 Å². The van der Waals surface area contributed by atoms with Crippen molar-refractivity contribution in [3.8, 4) is 17.2 Å². The average molecular weight is 403 g/mol. The molecule has 1 heterocycles. The molecule has 3 rings (SSSR count). The maximum Gasteiger partial charge on any atom is 0.501 e. The van der Waals surface area contributed by atoms with Crippen molar-refractivity contribution in [1.29, 1.82) is 0 Å². The normalized spacial score (nSPS) is 13.3. The van der Waals surface area contributed by atoms with Crippen molar-refractivity contribution in [3.63, 3.8) is 0 Å². The molecule has 0 aromatic heterocycles. The second kappa shape index (κ2) is 6.65. The fraction of sp³-hybridized carbons (Fsp3) is 0.188. The highest BCUT2D eigenvalue weighted by molar-refractivity contribution is 7.92. The van der Waals surface area contributed by atoms with Gasteiger partial charge in [-0.05, 0) is 30.3 Å². The van der Waals surface area contributed by atoms with Gasteiger partial charge in [-0.15, -0.1) is 0 Å². The Kier molecular flexibility index (Phi) is 4.64. The highest BCUT2D eigenvalue weighted by atomic mass is 32.2. The third kappa shape index (κ3) is 3.37. The first-order chi connectivity index (χ1) is 12.6. The topological polar surface area (TPSA) is 90.9 Å². The van der Waals surface area contributed by atoms with Gasteiger partial charge in [0, 0.05) is 0 Å². The minimum Gasteiger partial charge on any atom is -0.495 e. The van der Waals surface area contributed by atoms with Gasteiger partial charge < -0.3 is 19.5 Å². The predicted molar refractivity (Wildman–Crippen MR) is 86.8 cm³/mol. The number of methoxy groups -OCH3 is 1. The van der Waals surface area contributed by atoms with E-state index in [9.17, 15) is 26.4 Å². The average Bonchev–Trinajstić information content (AvgIpc) is 3.09. The summed E-state index contributed by atoms with van der Waals surface area (Å²) >= 11 is 0. The summed E-state index contributed by atoms with van der Waals surface area (Å²) in [6.45, 7) is -0.0811. The molecule has 0 atom stereocenters. The molecule has 1 aliphatic heterocycles. The molecule has 0 saturated carbocycles. The summed E-state index contributed by atoms with van der Waals surface area (Å²) in [6, 6.07) is 6.98. The van der Waals surface area contributed by atoms with E-state index >= 15 is 0 Å². The Morgan fingerprint density at radius 2 is 1.93 bits per heavy atom. The van der Waals surface area contributed by atoms with Gasteiger partial charge in [0.15, 0.2) is 11.5 Å². The number of hydrogen-bond donors (Lipinski definition) is 1. The lowest BCUT2D eigenvalue weighted by Crippen LogP contribution is -2.23. The lowest BCUT2D eigenvalue weighted by molar-refractivity contribution is -0.0436. The van der Waals surface area contributed by atoms with Gasteiger partial charge in [0.05, 0.1) is 23.3 Å². The number of hydrogen-bond acceptors (Lipinski definition) is 6. The molecule has 11 heteroatoms. The summed E-state index contributed by atoms with van der Waals surface area (Å²) in [7, 11) is -4.36. The largest absolute Gasteiger partial charge is 0.501 e. The quantitative estimate of drug-likeness (QED) is 0.844. The molecule has 0 saturated heterocycles. The number of para-hydroxylation sites is 1. The lowest BCUT2D eigenvalue weighted by atomic mass is 10.1. The summed E-state index contributed by atoms with van der Waals surface area (Å²) in [5.74, 6) is -0.248. The molecule has 0 spiro atoms. The summed E-state index contributed by atoms with van der Waals surface area (Å²) in [6.07, 6.45) is 0. The number of benzene rings is 2. The monoisotopic (exact) mass is 403 g/mol. The van der Waals surface area contributed by atoms with E-state index in [1.54, 1.807) is 6.07 Å². The molecular formula is C16H12F3NO6S. The van der Waals surface area contributed by atoms with E-state index < -0.39 is 26.1 Å². The Hall–Kier alpha value is -2.95. The number of alkyl halides is 3. The molecule has 7 nitrogen and oxygen atoms in total. The third-order valence-corrected chi connectivity index (χ3v) is 5.16. The molecule has 1 N–H and O–H groups in total. The SMILES string of the molecule is COc1ccc(S(=O)(=O)C(F)(F)F)cc1NC(=O)c1cccc2c1OCO2. The van der Waals surface area contributed by atoms with Crippen molar-refractivity contribution in [2.24, 2.45) is 0 Å². The Labute approximate surface area is 151 Å². The number of anilines is 1. The molecule has 144 valence electrons. The van der Waals surface area contributed by atoms with Gasteiger partial charge >= 0.3 is 5.51 Å². The molecule has 27 heavy (non-hydrogen) atoms. The molecule has 1 aliphatic rings. The van der Waals surface area contributed by atoms with Gasteiger partial charge in [0.25, 0.3) is 15.7 Å². The molecule has 2 aromatic rings. The Morgan fingerprint density at radius 1 is 1.19 bits per heavy atom. The zero-order valence-electron chi connectivity index (χ0n) is 13.7. The van der Waals surface area contributed by atoms with Crippen molar-refractivity contribution < 1.29 is 40.6 Å². The molecule has 0 aliphatic carbocycles. The fourth-order valence-electron chi connectivity index (χ4n) is 2.38. The zero-order chi connectivity index (χ0) is 19.8. The maximum absolute atomic E-state index is 12.8. The van der Waals surface area contributed by atoms with Crippen LogP contribution in [-0.4, -0.2) is 33.7 Å². The third-order valence-electron chi connectivity index (χ3n) is 3.68. The van der Waals surface area contributed by atoms with Crippen LogP contribution in [0.3, 0.4) is 0 Å². The van der Waals surface area contributed by atoms with Crippen molar-refractivity contribution in [1.82, 2.24) is 0 Å². The first-order valence-corrected chi connectivity index (χ1v) is 8.83. The highest BCUT2D eigenvalue weighted by Crippen LogP contribution is 2.37. The number of halogens is 3. The second-order valence-electron chi connectivity index (χ2n) is 5.30. The zero-order valence-corrected chi connectivity index (χ0v) is 14.5. The molecular weight excluding hydrogens is 391 g/mol. The van der Waals surface area contributed by atoms with Crippen LogP contribution in [0.1, 0.15) is 10.4 Å². The van der Waals surface area contributed by atoms with Crippen molar-refractivity contribution >= 4 is 21.4 Å². The minimum absolute atomic E-state index is 0.0192. The number of carbonyl (C=O) groups excluding carboxylic acids is 1. The van der Waals surface area contributed by atoms with Crippen molar-refractivity contribution in [3.05, 3.63) is 42.0 Å². The smallest absolute Gasteiger partial charge is 0.495 e. The van der Waals surface area contributed by atoms with Crippen molar-refractivity contribution in [2.45, 2.75) is 10.4 Å². The first kappa shape index (κ1) is 18.8. The first-order valence-electron chi connectivity index (χ1n) is 7.34. The predicted octanol–water partition coefficient (Wildman–Crippen LogP) is 2.97.